The van der Waals surface area contributed by atoms with Crippen molar-refractivity contribution in [1.82, 2.24) is 0 Å². The molecule has 0 aliphatic heterocycles. The molecule has 6 heteroatoms. The Morgan fingerprint density at radius 2 is 1.90 bits per heavy atom. The number of ether oxygens (including phenoxy) is 1. The summed E-state index contributed by atoms with van der Waals surface area (Å²) in [6.45, 7) is 0.192. The molecule has 20 heavy (non-hydrogen) atoms. The van der Waals surface area contributed by atoms with Crippen LogP contribution in [-0.2, 0) is 6.54 Å². The normalized spacial score (nSPS) is 10.4. The van der Waals surface area contributed by atoms with E-state index in [1.807, 2.05) is 0 Å². The van der Waals surface area contributed by atoms with Crippen LogP contribution in [0, 0.1) is 17.5 Å². The van der Waals surface area contributed by atoms with Gasteiger partial charge in [-0.1, -0.05) is 15.9 Å². The van der Waals surface area contributed by atoms with Crippen molar-refractivity contribution in [2.45, 2.75) is 6.54 Å². The van der Waals surface area contributed by atoms with Gasteiger partial charge in [-0.25, -0.2) is 13.2 Å². The van der Waals surface area contributed by atoms with Crippen molar-refractivity contribution in [1.29, 1.82) is 0 Å². The van der Waals surface area contributed by atoms with E-state index in [0.717, 1.165) is 16.1 Å². The van der Waals surface area contributed by atoms with Crippen LogP contribution < -0.4 is 10.1 Å². The van der Waals surface area contributed by atoms with E-state index in [9.17, 15) is 13.2 Å². The van der Waals surface area contributed by atoms with Crippen LogP contribution >= 0.6 is 15.9 Å². The first-order chi connectivity index (χ1) is 9.51. The van der Waals surface area contributed by atoms with Crippen molar-refractivity contribution in [2.24, 2.45) is 0 Å². The minimum Gasteiger partial charge on any atom is -0.497 e. The lowest BCUT2D eigenvalue weighted by atomic mass is 10.2. The molecule has 0 atom stereocenters. The molecule has 0 aromatic heterocycles. The van der Waals surface area contributed by atoms with Crippen LogP contribution in [0.2, 0.25) is 0 Å². The zero-order valence-electron chi connectivity index (χ0n) is 10.5. The zero-order valence-corrected chi connectivity index (χ0v) is 12.1. The van der Waals surface area contributed by atoms with Gasteiger partial charge in [-0.05, 0) is 23.8 Å². The fraction of sp³-hybridized carbons (Fsp3) is 0.143. The van der Waals surface area contributed by atoms with Crippen molar-refractivity contribution >= 4 is 21.6 Å². The quantitative estimate of drug-likeness (QED) is 0.824. The highest BCUT2D eigenvalue weighted by atomic mass is 79.9. The van der Waals surface area contributed by atoms with E-state index >= 15 is 0 Å². The molecule has 0 unspecified atom stereocenters. The number of nitrogens with one attached hydrogen (secondary N) is 1. The average Bonchev–Trinajstić information content (AvgIpc) is 2.42. The first-order valence-corrected chi connectivity index (χ1v) is 6.51. The smallest absolute Gasteiger partial charge is 0.182 e. The number of methoxy groups -OCH3 is 1. The minimum atomic E-state index is -1.22. The van der Waals surface area contributed by atoms with Gasteiger partial charge in [0.05, 0.1) is 12.8 Å². The molecule has 2 rings (SSSR count). The molecule has 0 spiro atoms. The molecule has 0 aliphatic carbocycles. The van der Waals surface area contributed by atoms with Crippen molar-refractivity contribution in [3.8, 4) is 5.75 Å². The lowest BCUT2D eigenvalue weighted by Crippen LogP contribution is -2.04. The Morgan fingerprint density at radius 1 is 1.15 bits per heavy atom. The fourth-order valence-corrected chi connectivity index (χ4v) is 2.08. The van der Waals surface area contributed by atoms with Crippen molar-refractivity contribution in [3.05, 3.63) is 57.8 Å². The van der Waals surface area contributed by atoms with Crippen LogP contribution in [0.4, 0.5) is 18.9 Å². The molecule has 0 radical (unpaired) electrons. The second-order valence-corrected chi connectivity index (χ2v) is 4.91. The predicted molar refractivity (Wildman–Crippen MR) is 74.3 cm³/mol. The predicted octanol–water partition coefficient (Wildman–Crippen LogP) is 4.49. The topological polar surface area (TPSA) is 21.3 Å². The highest BCUT2D eigenvalue weighted by molar-refractivity contribution is 9.10. The summed E-state index contributed by atoms with van der Waals surface area (Å²) in [7, 11) is 1.53. The van der Waals surface area contributed by atoms with Crippen LogP contribution in [0.15, 0.2) is 34.8 Å². The van der Waals surface area contributed by atoms with Crippen LogP contribution in [0.5, 0.6) is 5.75 Å². The van der Waals surface area contributed by atoms with Gasteiger partial charge < -0.3 is 10.1 Å². The van der Waals surface area contributed by atoms with Crippen LogP contribution in [0.3, 0.4) is 0 Å². The van der Waals surface area contributed by atoms with Gasteiger partial charge in [-0.2, -0.15) is 0 Å². The van der Waals surface area contributed by atoms with Gasteiger partial charge in [0.25, 0.3) is 0 Å². The molecule has 2 aromatic rings. The summed E-state index contributed by atoms with van der Waals surface area (Å²) in [6, 6.07) is 6.69. The van der Waals surface area contributed by atoms with E-state index < -0.39 is 17.5 Å². The van der Waals surface area contributed by atoms with E-state index in [0.29, 0.717) is 11.8 Å². The second kappa shape index (κ2) is 6.17. The third kappa shape index (κ3) is 3.25. The molecular weight excluding hydrogens is 335 g/mol. The molecule has 2 aromatic carbocycles. The molecule has 0 fully saturated rings. The monoisotopic (exact) mass is 345 g/mol. The zero-order chi connectivity index (χ0) is 14.7. The molecule has 0 amide bonds. The van der Waals surface area contributed by atoms with Gasteiger partial charge in [0.1, 0.15) is 11.6 Å². The van der Waals surface area contributed by atoms with E-state index in [2.05, 4.69) is 21.2 Å². The van der Waals surface area contributed by atoms with Gasteiger partial charge >= 0.3 is 0 Å². The average molecular weight is 346 g/mol. The highest BCUT2D eigenvalue weighted by Gasteiger charge is 2.11. The Labute approximate surface area is 122 Å². The summed E-state index contributed by atoms with van der Waals surface area (Å²) in [5.74, 6) is -2.53. The van der Waals surface area contributed by atoms with Gasteiger partial charge in [0.15, 0.2) is 11.6 Å². The van der Waals surface area contributed by atoms with Gasteiger partial charge in [-0.15, -0.1) is 0 Å². The number of rotatable bonds is 4. The van der Waals surface area contributed by atoms with Gasteiger partial charge in [0.2, 0.25) is 0 Å². The summed E-state index contributed by atoms with van der Waals surface area (Å²) in [5, 5.41) is 2.66. The van der Waals surface area contributed by atoms with E-state index in [1.165, 1.54) is 7.11 Å². The largest absolute Gasteiger partial charge is 0.497 e. The fourth-order valence-electron chi connectivity index (χ4n) is 1.69. The molecule has 0 heterocycles. The summed E-state index contributed by atoms with van der Waals surface area (Å²) in [5.41, 5.74) is 0.547. The number of anilines is 1. The van der Waals surface area contributed by atoms with Gasteiger partial charge in [-0.3, -0.25) is 0 Å². The molecule has 0 aliphatic rings. The summed E-state index contributed by atoms with van der Waals surface area (Å²) >= 11 is 3.34. The number of halogens is 4. The van der Waals surface area contributed by atoms with Crippen molar-refractivity contribution in [3.63, 3.8) is 0 Å². The summed E-state index contributed by atoms with van der Waals surface area (Å²) < 4.78 is 45.5. The first-order valence-electron chi connectivity index (χ1n) is 5.72. The Balaban J connectivity index is 2.21. The van der Waals surface area contributed by atoms with E-state index in [-0.39, 0.29) is 12.2 Å². The summed E-state index contributed by atoms with van der Waals surface area (Å²) in [6.07, 6.45) is 0. The van der Waals surface area contributed by atoms with E-state index in [1.54, 1.807) is 18.2 Å². The minimum absolute atomic E-state index is 0.192. The van der Waals surface area contributed by atoms with Crippen LogP contribution in [0.1, 0.15) is 5.56 Å². The highest BCUT2D eigenvalue weighted by Crippen LogP contribution is 2.25. The Hall–Kier alpha value is -1.69. The van der Waals surface area contributed by atoms with E-state index in [4.69, 9.17) is 4.74 Å². The molecule has 1 N–H and O–H groups in total. The lowest BCUT2D eigenvalue weighted by Gasteiger charge is -2.11. The maximum Gasteiger partial charge on any atom is 0.182 e. The number of benzene rings is 2. The first kappa shape index (κ1) is 14.7. The maximum absolute atomic E-state index is 13.5. The Bertz CT molecular complexity index is 634. The molecule has 2 nitrogen and oxygen atoms in total. The molecule has 106 valence electrons. The van der Waals surface area contributed by atoms with Crippen molar-refractivity contribution in [2.75, 3.05) is 12.4 Å². The molecule has 0 saturated carbocycles. The van der Waals surface area contributed by atoms with Crippen LogP contribution in [0.25, 0.3) is 0 Å². The second-order valence-electron chi connectivity index (χ2n) is 4.06. The third-order valence-electron chi connectivity index (χ3n) is 2.72. The Morgan fingerprint density at radius 3 is 2.60 bits per heavy atom. The third-order valence-corrected chi connectivity index (χ3v) is 3.49. The lowest BCUT2D eigenvalue weighted by molar-refractivity contribution is 0.414. The van der Waals surface area contributed by atoms with Crippen molar-refractivity contribution < 1.29 is 17.9 Å². The van der Waals surface area contributed by atoms with Crippen LogP contribution in [-0.4, -0.2) is 7.11 Å². The standard InChI is InChI=1S/C14H11BrF3NO/c1-20-10-2-3-11(15)8(4-10)7-19-13-6-9(16)5-12(17)14(13)18/h2-6,19H,7H2,1H3. The molecular formula is C14H11BrF3NO. The molecule has 0 bridgehead atoms. The number of hydrogen-bond donors (Lipinski definition) is 1. The number of hydrogen-bond acceptors (Lipinski definition) is 2. The maximum atomic E-state index is 13.5. The summed E-state index contributed by atoms with van der Waals surface area (Å²) in [4.78, 5) is 0. The van der Waals surface area contributed by atoms with Gasteiger partial charge in [0, 0.05) is 23.2 Å². The Kier molecular flexibility index (Phi) is 4.54. The SMILES string of the molecule is COc1ccc(Br)c(CNc2cc(F)cc(F)c2F)c1. The molecule has 0 saturated heterocycles.